The molecule has 0 aliphatic carbocycles. The molecule has 0 unspecified atom stereocenters. The number of ether oxygens (including phenoxy) is 1. The van der Waals surface area contributed by atoms with Crippen molar-refractivity contribution in [3.8, 4) is 0 Å². The molecule has 0 fully saturated rings. The number of hydrogen-bond acceptors (Lipinski definition) is 5. The van der Waals surface area contributed by atoms with Gasteiger partial charge in [0.2, 0.25) is 0 Å². The Morgan fingerprint density at radius 1 is 1.16 bits per heavy atom. The van der Waals surface area contributed by atoms with Crippen LogP contribution in [-0.2, 0) is 9.53 Å². The lowest BCUT2D eigenvalue weighted by Gasteiger charge is -2.24. The van der Waals surface area contributed by atoms with E-state index in [9.17, 15) is 9.59 Å². The minimum absolute atomic E-state index is 0.234. The number of aryl methyl sites for hydroxylation is 1. The van der Waals surface area contributed by atoms with E-state index in [0.717, 1.165) is 16.7 Å². The third-order valence-corrected chi connectivity index (χ3v) is 6.87. The number of carbonyl (C=O) groups is 1. The van der Waals surface area contributed by atoms with Gasteiger partial charge in [0.05, 0.1) is 38.5 Å². The zero-order valence-electron chi connectivity index (χ0n) is 17.7. The van der Waals surface area contributed by atoms with Crippen LogP contribution in [0.4, 0.5) is 0 Å². The van der Waals surface area contributed by atoms with Gasteiger partial charge in [-0.2, -0.15) is 0 Å². The van der Waals surface area contributed by atoms with Crippen molar-refractivity contribution in [2.45, 2.75) is 26.8 Å². The normalized spacial score (nSPS) is 16.0. The molecule has 164 valence electrons. The SMILES string of the molecule is CCOC(=O)C1=C(C)N=c2s/c(=C/c3ccc(Cl)c(Cl)c3)c(=O)n2[C@H]1c1ccc(C)cc1. The summed E-state index contributed by atoms with van der Waals surface area (Å²) in [6, 6.07) is 12.3. The average Bonchev–Trinajstić information content (AvgIpc) is 3.05. The lowest BCUT2D eigenvalue weighted by atomic mass is 9.95. The lowest BCUT2D eigenvalue weighted by molar-refractivity contribution is -0.139. The molecule has 1 aromatic heterocycles. The molecule has 0 saturated carbocycles. The second-order valence-electron chi connectivity index (χ2n) is 7.39. The highest BCUT2D eigenvalue weighted by molar-refractivity contribution is 7.07. The Labute approximate surface area is 198 Å². The maximum absolute atomic E-state index is 13.5. The van der Waals surface area contributed by atoms with Gasteiger partial charge >= 0.3 is 5.97 Å². The Balaban J connectivity index is 1.95. The standard InChI is InChI=1S/C24H20Cl2N2O3S/c1-4-31-23(30)20-14(3)27-24-28(21(20)16-8-5-13(2)6-9-16)22(29)19(32-24)12-15-7-10-17(25)18(26)11-15/h5-12,21H,4H2,1-3H3/b19-12+/t21-/m0/s1. The second kappa shape index (κ2) is 9.06. The number of rotatable bonds is 4. The van der Waals surface area contributed by atoms with Crippen LogP contribution in [0.25, 0.3) is 6.08 Å². The van der Waals surface area contributed by atoms with Crippen molar-refractivity contribution >= 4 is 46.6 Å². The van der Waals surface area contributed by atoms with Crippen molar-refractivity contribution < 1.29 is 9.53 Å². The number of benzene rings is 2. The van der Waals surface area contributed by atoms with E-state index in [1.165, 1.54) is 11.3 Å². The molecule has 0 saturated heterocycles. The van der Waals surface area contributed by atoms with Crippen LogP contribution in [-0.4, -0.2) is 17.1 Å². The van der Waals surface area contributed by atoms with E-state index >= 15 is 0 Å². The van der Waals surface area contributed by atoms with Gasteiger partial charge in [-0.05, 0) is 50.1 Å². The van der Waals surface area contributed by atoms with E-state index in [4.69, 9.17) is 27.9 Å². The highest BCUT2D eigenvalue weighted by Crippen LogP contribution is 2.31. The quantitative estimate of drug-likeness (QED) is 0.513. The van der Waals surface area contributed by atoms with Gasteiger partial charge in [-0.25, -0.2) is 9.79 Å². The molecule has 4 rings (SSSR count). The van der Waals surface area contributed by atoms with Gasteiger partial charge in [0.1, 0.15) is 0 Å². The molecular formula is C24H20Cl2N2O3S. The van der Waals surface area contributed by atoms with Crippen LogP contribution in [0.2, 0.25) is 10.0 Å². The molecule has 1 aliphatic heterocycles. The third kappa shape index (κ3) is 4.18. The van der Waals surface area contributed by atoms with Gasteiger partial charge in [-0.15, -0.1) is 0 Å². The predicted octanol–water partition coefficient (Wildman–Crippen LogP) is 4.41. The summed E-state index contributed by atoms with van der Waals surface area (Å²) in [5.74, 6) is -0.474. The number of hydrogen-bond donors (Lipinski definition) is 0. The van der Waals surface area contributed by atoms with Gasteiger partial charge in [0.25, 0.3) is 5.56 Å². The minimum Gasteiger partial charge on any atom is -0.463 e. The lowest BCUT2D eigenvalue weighted by Crippen LogP contribution is -2.39. The summed E-state index contributed by atoms with van der Waals surface area (Å²) >= 11 is 13.4. The van der Waals surface area contributed by atoms with Crippen LogP contribution >= 0.6 is 34.5 Å². The molecule has 5 nitrogen and oxygen atoms in total. The van der Waals surface area contributed by atoms with E-state index in [1.54, 1.807) is 42.7 Å². The number of thiazole rings is 1. The van der Waals surface area contributed by atoms with Gasteiger partial charge in [0, 0.05) is 0 Å². The van der Waals surface area contributed by atoms with Crippen LogP contribution in [0.5, 0.6) is 0 Å². The number of esters is 1. The topological polar surface area (TPSA) is 60.7 Å². The smallest absolute Gasteiger partial charge is 0.338 e. The maximum Gasteiger partial charge on any atom is 0.338 e. The van der Waals surface area contributed by atoms with E-state index in [2.05, 4.69) is 4.99 Å². The number of allylic oxidation sites excluding steroid dienone is 1. The molecule has 2 aromatic carbocycles. The molecule has 0 radical (unpaired) electrons. The summed E-state index contributed by atoms with van der Waals surface area (Å²) in [7, 11) is 0. The first-order valence-corrected chi connectivity index (χ1v) is 11.6. The van der Waals surface area contributed by atoms with Crippen LogP contribution in [0, 0.1) is 6.92 Å². The summed E-state index contributed by atoms with van der Waals surface area (Å²) in [4.78, 5) is 31.5. The fraction of sp³-hybridized carbons (Fsp3) is 0.208. The first kappa shape index (κ1) is 22.5. The number of fused-ring (bicyclic) bond motifs is 1. The molecular weight excluding hydrogens is 467 g/mol. The molecule has 1 aliphatic rings. The molecule has 32 heavy (non-hydrogen) atoms. The average molecular weight is 487 g/mol. The first-order chi connectivity index (χ1) is 15.3. The highest BCUT2D eigenvalue weighted by Gasteiger charge is 2.33. The maximum atomic E-state index is 13.5. The molecule has 3 aromatic rings. The molecule has 0 N–H and O–H groups in total. The summed E-state index contributed by atoms with van der Waals surface area (Å²) in [6.45, 7) is 5.74. The fourth-order valence-corrected chi connectivity index (χ4v) is 4.96. The summed E-state index contributed by atoms with van der Waals surface area (Å²) in [5, 5.41) is 0.852. The van der Waals surface area contributed by atoms with Crippen LogP contribution in [0.1, 0.15) is 36.6 Å². The van der Waals surface area contributed by atoms with Gasteiger partial charge < -0.3 is 4.74 Å². The molecule has 0 amide bonds. The number of aromatic nitrogens is 1. The Bertz CT molecular complexity index is 1420. The summed E-state index contributed by atoms with van der Waals surface area (Å²) in [5.41, 5.74) is 3.31. The first-order valence-electron chi connectivity index (χ1n) is 10.0. The number of nitrogens with zero attached hydrogens (tertiary/aromatic N) is 2. The van der Waals surface area contributed by atoms with Crippen LogP contribution in [0.15, 0.2) is 63.5 Å². The predicted molar refractivity (Wildman–Crippen MR) is 128 cm³/mol. The van der Waals surface area contributed by atoms with E-state index in [-0.39, 0.29) is 12.2 Å². The Morgan fingerprint density at radius 3 is 2.53 bits per heavy atom. The van der Waals surface area contributed by atoms with E-state index < -0.39 is 12.0 Å². The second-order valence-corrected chi connectivity index (χ2v) is 9.21. The van der Waals surface area contributed by atoms with Crippen LogP contribution in [0.3, 0.4) is 0 Å². The largest absolute Gasteiger partial charge is 0.463 e. The Kier molecular flexibility index (Phi) is 6.38. The van der Waals surface area contributed by atoms with Gasteiger partial charge in [-0.1, -0.05) is 70.4 Å². The summed E-state index contributed by atoms with van der Waals surface area (Å²) < 4.78 is 7.36. The van der Waals surface area contributed by atoms with Crippen molar-refractivity contribution in [1.29, 1.82) is 0 Å². The monoisotopic (exact) mass is 486 g/mol. The zero-order valence-corrected chi connectivity index (χ0v) is 20.0. The third-order valence-electron chi connectivity index (χ3n) is 5.15. The fourth-order valence-electron chi connectivity index (χ4n) is 3.61. The van der Waals surface area contributed by atoms with Gasteiger partial charge in [-0.3, -0.25) is 9.36 Å². The highest BCUT2D eigenvalue weighted by atomic mass is 35.5. The van der Waals surface area contributed by atoms with Crippen molar-refractivity contribution in [3.05, 3.63) is 100 Å². The molecule has 0 bridgehead atoms. The van der Waals surface area contributed by atoms with Crippen molar-refractivity contribution in [3.63, 3.8) is 0 Å². The van der Waals surface area contributed by atoms with Crippen molar-refractivity contribution in [2.75, 3.05) is 6.61 Å². The zero-order chi connectivity index (χ0) is 23.0. The summed E-state index contributed by atoms with van der Waals surface area (Å²) in [6.07, 6.45) is 1.75. The molecule has 0 spiro atoms. The van der Waals surface area contributed by atoms with Crippen LogP contribution < -0.4 is 14.9 Å². The van der Waals surface area contributed by atoms with E-state index in [0.29, 0.717) is 30.6 Å². The number of halogens is 2. The van der Waals surface area contributed by atoms with E-state index in [1.807, 2.05) is 31.2 Å². The molecule has 1 atom stereocenters. The molecule has 2 heterocycles. The Hall–Kier alpha value is -2.67. The Morgan fingerprint density at radius 2 is 1.88 bits per heavy atom. The minimum atomic E-state index is -0.623. The molecule has 8 heteroatoms. The van der Waals surface area contributed by atoms with Crippen molar-refractivity contribution in [1.82, 2.24) is 4.57 Å². The van der Waals surface area contributed by atoms with Gasteiger partial charge in [0.15, 0.2) is 4.80 Å². The number of carbonyl (C=O) groups excluding carboxylic acids is 1. The van der Waals surface area contributed by atoms with Crippen molar-refractivity contribution in [2.24, 2.45) is 4.99 Å².